The Balaban J connectivity index is 2.21. The molecule has 6 nitrogen and oxygen atoms in total. The van der Waals surface area contributed by atoms with E-state index in [0.717, 1.165) is 31.9 Å². The van der Waals surface area contributed by atoms with E-state index in [1.807, 2.05) is 0 Å². The first-order valence-corrected chi connectivity index (χ1v) is 8.54. The van der Waals surface area contributed by atoms with Crippen LogP contribution in [0.5, 0.6) is 0 Å². The molecule has 0 spiro atoms. The molecule has 0 unspecified atom stereocenters. The van der Waals surface area contributed by atoms with Gasteiger partial charge in [0.2, 0.25) is 0 Å². The Labute approximate surface area is 123 Å². The number of carboxylic acid groups (broad SMARTS) is 1. The van der Waals surface area contributed by atoms with Gasteiger partial charge >= 0.3 is 5.97 Å². The van der Waals surface area contributed by atoms with E-state index in [1.54, 1.807) is 0 Å². The van der Waals surface area contributed by atoms with E-state index < -0.39 is 15.8 Å². The minimum Gasteiger partial charge on any atom is -0.476 e. The van der Waals surface area contributed by atoms with Crippen LogP contribution >= 0.6 is 0 Å². The number of carbonyl (C=O) groups is 1. The lowest BCUT2D eigenvalue weighted by Crippen LogP contribution is -2.17. The Kier molecular flexibility index (Phi) is 4.62. The summed E-state index contributed by atoms with van der Waals surface area (Å²) in [6.45, 7) is 0. The second-order valence-corrected chi connectivity index (χ2v) is 7.07. The molecule has 0 aliphatic heterocycles. The minimum absolute atomic E-state index is 0.0327. The monoisotopic (exact) mass is 311 g/mol. The van der Waals surface area contributed by atoms with E-state index in [4.69, 9.17) is 4.84 Å². The lowest BCUT2D eigenvalue weighted by molar-refractivity contribution is -0.129. The molecule has 0 radical (unpaired) electrons. The average Bonchev–Trinajstić information content (AvgIpc) is 2.91. The Morgan fingerprint density at radius 3 is 2.29 bits per heavy atom. The molecule has 21 heavy (non-hydrogen) atoms. The van der Waals surface area contributed by atoms with Crippen LogP contribution in [0.3, 0.4) is 0 Å². The predicted molar refractivity (Wildman–Crippen MR) is 77.1 cm³/mol. The molecule has 0 amide bonds. The molecule has 1 aliphatic carbocycles. The first-order valence-electron chi connectivity index (χ1n) is 6.65. The highest BCUT2D eigenvalue weighted by molar-refractivity contribution is 7.90. The van der Waals surface area contributed by atoms with Crippen molar-refractivity contribution in [2.45, 2.75) is 36.7 Å². The first-order chi connectivity index (χ1) is 9.88. The molecule has 7 heteroatoms. The third-order valence-corrected chi connectivity index (χ3v) is 4.48. The Morgan fingerprint density at radius 1 is 1.24 bits per heavy atom. The van der Waals surface area contributed by atoms with Crippen LogP contribution in [0.4, 0.5) is 0 Å². The number of rotatable bonds is 5. The maximum Gasteiger partial charge on any atom is 0.358 e. The topological polar surface area (TPSA) is 93.0 Å². The molecule has 1 aliphatic rings. The second-order valence-electron chi connectivity index (χ2n) is 5.05. The Morgan fingerprint density at radius 2 is 1.81 bits per heavy atom. The lowest BCUT2D eigenvalue weighted by atomic mass is 10.1. The molecule has 0 saturated heterocycles. The molecule has 1 fully saturated rings. The molecular weight excluding hydrogens is 294 g/mol. The van der Waals surface area contributed by atoms with Gasteiger partial charge in [-0.2, -0.15) is 0 Å². The number of sulfone groups is 1. The fourth-order valence-corrected chi connectivity index (χ4v) is 2.83. The summed E-state index contributed by atoms with van der Waals surface area (Å²) in [5.74, 6) is -1.21. The summed E-state index contributed by atoms with van der Waals surface area (Å²) in [6.07, 6.45) is 4.94. The fourth-order valence-electron chi connectivity index (χ4n) is 2.20. The van der Waals surface area contributed by atoms with Gasteiger partial charge in [0.25, 0.3) is 0 Å². The summed E-state index contributed by atoms with van der Waals surface area (Å²) in [5.41, 5.74) is 0.0925. The summed E-state index contributed by atoms with van der Waals surface area (Å²) in [4.78, 5) is 16.7. The number of hydrogen-bond donors (Lipinski definition) is 1. The van der Waals surface area contributed by atoms with Crippen LogP contribution in [0.2, 0.25) is 0 Å². The zero-order valence-corrected chi connectivity index (χ0v) is 12.5. The molecule has 0 atom stereocenters. The number of hydrogen-bond acceptors (Lipinski definition) is 5. The van der Waals surface area contributed by atoms with Crippen molar-refractivity contribution in [1.29, 1.82) is 0 Å². The van der Waals surface area contributed by atoms with Crippen molar-refractivity contribution in [2.24, 2.45) is 5.16 Å². The number of aliphatic carboxylic acids is 1. The van der Waals surface area contributed by atoms with Crippen LogP contribution in [0.25, 0.3) is 0 Å². The van der Waals surface area contributed by atoms with Crippen LogP contribution in [0.1, 0.15) is 31.2 Å². The molecule has 0 heterocycles. The molecule has 1 saturated carbocycles. The van der Waals surface area contributed by atoms with Crippen molar-refractivity contribution in [3.8, 4) is 0 Å². The average molecular weight is 311 g/mol. The van der Waals surface area contributed by atoms with Crippen LogP contribution in [0.15, 0.2) is 34.3 Å². The molecule has 0 bridgehead atoms. The summed E-state index contributed by atoms with van der Waals surface area (Å²) >= 11 is 0. The van der Waals surface area contributed by atoms with Gasteiger partial charge in [-0.05, 0) is 37.8 Å². The predicted octanol–water partition coefficient (Wildman–Crippen LogP) is 1.84. The van der Waals surface area contributed by atoms with E-state index in [0.29, 0.717) is 5.56 Å². The van der Waals surface area contributed by atoms with Gasteiger partial charge in [0.15, 0.2) is 15.5 Å². The molecule has 1 aromatic rings. The lowest BCUT2D eigenvalue weighted by Gasteiger charge is -2.08. The summed E-state index contributed by atoms with van der Waals surface area (Å²) < 4.78 is 22.8. The smallest absolute Gasteiger partial charge is 0.358 e. The summed E-state index contributed by atoms with van der Waals surface area (Å²) in [6, 6.07) is 5.56. The number of benzene rings is 1. The number of carboxylic acids is 1. The van der Waals surface area contributed by atoms with Crippen molar-refractivity contribution in [1.82, 2.24) is 0 Å². The van der Waals surface area contributed by atoms with Crippen molar-refractivity contribution >= 4 is 21.5 Å². The van der Waals surface area contributed by atoms with Crippen LogP contribution in [-0.4, -0.2) is 37.6 Å². The van der Waals surface area contributed by atoms with Gasteiger partial charge < -0.3 is 9.94 Å². The zero-order chi connectivity index (χ0) is 15.5. The number of oxime groups is 1. The van der Waals surface area contributed by atoms with Crippen molar-refractivity contribution in [3.05, 3.63) is 29.8 Å². The maximum absolute atomic E-state index is 11.4. The summed E-state index contributed by atoms with van der Waals surface area (Å²) in [7, 11) is -3.31. The van der Waals surface area contributed by atoms with E-state index in [9.17, 15) is 18.3 Å². The quantitative estimate of drug-likeness (QED) is 0.661. The largest absolute Gasteiger partial charge is 0.476 e. The van der Waals surface area contributed by atoms with Gasteiger partial charge in [-0.25, -0.2) is 13.2 Å². The molecule has 1 N–H and O–H groups in total. The SMILES string of the molecule is CS(=O)(=O)c1ccc(/C(=N/OC2CCCC2)C(=O)O)cc1. The van der Waals surface area contributed by atoms with Gasteiger partial charge in [0, 0.05) is 11.8 Å². The fraction of sp³-hybridized carbons (Fsp3) is 0.429. The number of nitrogens with zero attached hydrogens (tertiary/aromatic N) is 1. The van der Waals surface area contributed by atoms with Crippen LogP contribution in [0, 0.1) is 0 Å². The van der Waals surface area contributed by atoms with Gasteiger partial charge in [-0.1, -0.05) is 17.3 Å². The van der Waals surface area contributed by atoms with Gasteiger partial charge in [0.1, 0.15) is 6.10 Å². The Bertz CT molecular complexity index is 642. The third kappa shape index (κ3) is 4.04. The van der Waals surface area contributed by atoms with E-state index in [2.05, 4.69) is 5.16 Å². The summed E-state index contributed by atoms with van der Waals surface area (Å²) in [5, 5.41) is 12.9. The van der Waals surface area contributed by atoms with E-state index in [-0.39, 0.29) is 16.7 Å². The first kappa shape index (κ1) is 15.5. The standard InChI is InChI=1S/C14H17NO5S/c1-21(18,19)12-8-6-10(7-9-12)13(14(16)17)15-20-11-4-2-3-5-11/h6-9,11H,2-5H2,1H3,(H,16,17)/b15-13-. The van der Waals surface area contributed by atoms with Gasteiger partial charge in [-0.3, -0.25) is 0 Å². The highest BCUT2D eigenvalue weighted by atomic mass is 32.2. The van der Waals surface area contributed by atoms with E-state index >= 15 is 0 Å². The molecule has 0 aromatic heterocycles. The molecule has 1 aromatic carbocycles. The van der Waals surface area contributed by atoms with Crippen LogP contribution < -0.4 is 0 Å². The van der Waals surface area contributed by atoms with Crippen molar-refractivity contribution in [3.63, 3.8) is 0 Å². The van der Waals surface area contributed by atoms with Crippen molar-refractivity contribution in [2.75, 3.05) is 6.26 Å². The highest BCUT2D eigenvalue weighted by Gasteiger charge is 2.19. The molecular formula is C14H17NO5S. The Hall–Kier alpha value is -1.89. The van der Waals surface area contributed by atoms with Gasteiger partial charge in [0.05, 0.1) is 4.90 Å². The molecule has 114 valence electrons. The van der Waals surface area contributed by atoms with Crippen molar-refractivity contribution < 1.29 is 23.2 Å². The minimum atomic E-state index is -3.31. The highest BCUT2D eigenvalue weighted by Crippen LogP contribution is 2.21. The maximum atomic E-state index is 11.4. The van der Waals surface area contributed by atoms with E-state index in [1.165, 1.54) is 24.3 Å². The van der Waals surface area contributed by atoms with Crippen LogP contribution in [-0.2, 0) is 19.5 Å². The third-order valence-electron chi connectivity index (χ3n) is 3.35. The normalized spacial score (nSPS) is 16.9. The molecule has 2 rings (SSSR count). The second kappa shape index (κ2) is 6.26. The zero-order valence-electron chi connectivity index (χ0n) is 11.7. The van der Waals surface area contributed by atoms with Gasteiger partial charge in [-0.15, -0.1) is 0 Å².